The van der Waals surface area contributed by atoms with Gasteiger partial charge in [-0.1, -0.05) is 22.4 Å². The van der Waals surface area contributed by atoms with Crippen LogP contribution in [0.4, 0.5) is 0 Å². The highest BCUT2D eigenvalue weighted by atomic mass is 79.9. The van der Waals surface area contributed by atoms with Crippen LogP contribution in [0.15, 0.2) is 0 Å². The first-order chi connectivity index (χ1) is 6.14. The van der Waals surface area contributed by atoms with E-state index in [2.05, 4.69) is 20.8 Å². The largest absolute Gasteiger partial charge is 0.389 e. The van der Waals surface area contributed by atoms with Crippen molar-refractivity contribution < 1.29 is 5.11 Å². The van der Waals surface area contributed by atoms with Crippen LogP contribution in [0, 0.1) is 0 Å². The second kappa shape index (κ2) is 5.32. The molecular weight excluding hydrogens is 230 g/mol. The molecule has 3 heteroatoms. The Bertz CT molecular complexity index is 150. The number of aliphatic hydroxyl groups is 1. The Kier molecular flexibility index (Phi) is 4.70. The highest BCUT2D eigenvalue weighted by Crippen LogP contribution is 2.20. The number of halogens is 1. The zero-order chi connectivity index (χ0) is 9.73. The van der Waals surface area contributed by atoms with Crippen molar-refractivity contribution in [2.24, 2.45) is 0 Å². The third-order valence-corrected chi connectivity index (χ3v) is 3.20. The van der Waals surface area contributed by atoms with Gasteiger partial charge >= 0.3 is 0 Å². The molecule has 2 nitrogen and oxygen atoms in total. The van der Waals surface area contributed by atoms with Gasteiger partial charge in [-0.2, -0.15) is 0 Å². The Balaban J connectivity index is 2.04. The van der Waals surface area contributed by atoms with E-state index >= 15 is 0 Å². The Morgan fingerprint density at radius 2 is 2.15 bits per heavy atom. The maximum atomic E-state index is 9.72. The van der Waals surface area contributed by atoms with E-state index in [1.807, 2.05) is 6.92 Å². The molecule has 1 N–H and O–H groups in total. The van der Waals surface area contributed by atoms with Crippen molar-refractivity contribution in [3.05, 3.63) is 0 Å². The first-order valence-corrected chi connectivity index (χ1v) is 6.27. The van der Waals surface area contributed by atoms with Crippen molar-refractivity contribution in [2.75, 3.05) is 25.0 Å². The summed E-state index contributed by atoms with van der Waals surface area (Å²) in [5.74, 6) is 0. The highest BCUT2D eigenvalue weighted by Gasteiger charge is 2.30. The summed E-state index contributed by atoms with van der Waals surface area (Å²) < 4.78 is 0. The minimum absolute atomic E-state index is 0.421. The van der Waals surface area contributed by atoms with Gasteiger partial charge in [0.05, 0.1) is 5.60 Å². The van der Waals surface area contributed by atoms with Crippen LogP contribution in [0.5, 0.6) is 0 Å². The number of hydrogen-bond acceptors (Lipinski definition) is 2. The number of unbranched alkanes of at least 4 members (excludes halogenated alkanes) is 2. The lowest BCUT2D eigenvalue weighted by molar-refractivity contribution is 0.0686. The third kappa shape index (κ3) is 4.43. The second-order valence-electron chi connectivity index (χ2n) is 4.27. The SMILES string of the molecule is CC1(O)CCN(CCCCCBr)C1. The molecule has 1 heterocycles. The van der Waals surface area contributed by atoms with Gasteiger partial charge in [0.15, 0.2) is 0 Å². The first kappa shape index (κ1) is 11.5. The van der Waals surface area contributed by atoms with Crippen molar-refractivity contribution in [2.45, 2.75) is 38.2 Å². The molecule has 0 amide bonds. The Hall–Kier alpha value is 0.400. The van der Waals surface area contributed by atoms with Crippen LogP contribution >= 0.6 is 15.9 Å². The quantitative estimate of drug-likeness (QED) is 0.596. The lowest BCUT2D eigenvalue weighted by atomic mass is 10.1. The summed E-state index contributed by atoms with van der Waals surface area (Å²) in [6.45, 7) is 5.03. The smallest absolute Gasteiger partial charge is 0.0758 e. The van der Waals surface area contributed by atoms with E-state index < -0.39 is 5.60 Å². The van der Waals surface area contributed by atoms with Gasteiger partial charge in [-0.25, -0.2) is 0 Å². The van der Waals surface area contributed by atoms with Gasteiger partial charge in [-0.05, 0) is 32.7 Å². The molecule has 0 aromatic heterocycles. The number of alkyl halides is 1. The van der Waals surface area contributed by atoms with Gasteiger partial charge < -0.3 is 10.0 Å². The molecule has 0 bridgehead atoms. The van der Waals surface area contributed by atoms with Crippen molar-refractivity contribution in [1.29, 1.82) is 0 Å². The van der Waals surface area contributed by atoms with E-state index in [1.165, 1.54) is 19.3 Å². The van der Waals surface area contributed by atoms with Crippen LogP contribution in [-0.4, -0.2) is 40.6 Å². The minimum atomic E-state index is -0.421. The molecule has 0 spiro atoms. The number of hydrogen-bond donors (Lipinski definition) is 1. The van der Waals surface area contributed by atoms with E-state index in [0.29, 0.717) is 0 Å². The molecule has 1 saturated heterocycles. The number of likely N-dealkylation sites (tertiary alicyclic amines) is 1. The monoisotopic (exact) mass is 249 g/mol. The molecule has 78 valence electrons. The number of β-amino-alcohol motifs (C(OH)–C–C–N with tert-alkyl or cyclic N) is 1. The van der Waals surface area contributed by atoms with Gasteiger partial charge in [0, 0.05) is 18.4 Å². The summed E-state index contributed by atoms with van der Waals surface area (Å²) in [6.07, 6.45) is 4.77. The maximum Gasteiger partial charge on any atom is 0.0758 e. The molecule has 1 fully saturated rings. The molecular formula is C10H20BrNO. The fourth-order valence-corrected chi connectivity index (χ4v) is 2.23. The van der Waals surface area contributed by atoms with E-state index in [0.717, 1.165) is 31.4 Å². The van der Waals surface area contributed by atoms with E-state index in [-0.39, 0.29) is 0 Å². The summed E-state index contributed by atoms with van der Waals surface area (Å²) in [6, 6.07) is 0. The van der Waals surface area contributed by atoms with E-state index in [1.54, 1.807) is 0 Å². The Morgan fingerprint density at radius 3 is 2.69 bits per heavy atom. The normalized spacial score (nSPS) is 29.8. The van der Waals surface area contributed by atoms with Gasteiger partial charge in [-0.15, -0.1) is 0 Å². The number of nitrogens with zero attached hydrogens (tertiary/aromatic N) is 1. The standard InChI is InChI=1S/C10H20BrNO/c1-10(13)5-8-12(9-10)7-4-2-3-6-11/h13H,2-9H2,1H3. The molecule has 1 unspecified atom stereocenters. The maximum absolute atomic E-state index is 9.72. The van der Waals surface area contributed by atoms with Gasteiger partial charge in [-0.3, -0.25) is 0 Å². The zero-order valence-electron chi connectivity index (χ0n) is 8.43. The molecule has 0 saturated carbocycles. The third-order valence-electron chi connectivity index (χ3n) is 2.64. The molecule has 1 atom stereocenters. The average Bonchev–Trinajstić information content (AvgIpc) is 2.40. The fraction of sp³-hybridized carbons (Fsp3) is 1.00. The molecule has 1 aliphatic rings. The van der Waals surface area contributed by atoms with Crippen LogP contribution in [0.25, 0.3) is 0 Å². The molecule has 0 radical (unpaired) electrons. The van der Waals surface area contributed by atoms with Gasteiger partial charge in [0.25, 0.3) is 0 Å². The van der Waals surface area contributed by atoms with Crippen LogP contribution in [0.2, 0.25) is 0 Å². The van der Waals surface area contributed by atoms with Crippen LogP contribution in [-0.2, 0) is 0 Å². The second-order valence-corrected chi connectivity index (χ2v) is 5.07. The van der Waals surface area contributed by atoms with Crippen molar-refractivity contribution in [3.8, 4) is 0 Å². The highest BCUT2D eigenvalue weighted by molar-refractivity contribution is 9.09. The average molecular weight is 250 g/mol. The molecule has 0 aliphatic carbocycles. The topological polar surface area (TPSA) is 23.5 Å². The summed E-state index contributed by atoms with van der Waals surface area (Å²) >= 11 is 3.43. The van der Waals surface area contributed by atoms with Gasteiger partial charge in [0.2, 0.25) is 0 Å². The Labute approximate surface area is 89.4 Å². The summed E-state index contributed by atoms with van der Waals surface area (Å²) in [4.78, 5) is 2.37. The first-order valence-electron chi connectivity index (χ1n) is 5.15. The van der Waals surface area contributed by atoms with Crippen molar-refractivity contribution >= 4 is 15.9 Å². The fourth-order valence-electron chi connectivity index (χ4n) is 1.84. The molecule has 0 aromatic carbocycles. The molecule has 1 rings (SSSR count). The van der Waals surface area contributed by atoms with Crippen LogP contribution in [0.3, 0.4) is 0 Å². The summed E-state index contributed by atoms with van der Waals surface area (Å²) in [5.41, 5.74) is -0.421. The lowest BCUT2D eigenvalue weighted by Crippen LogP contribution is -2.30. The molecule has 0 aromatic rings. The predicted molar refractivity (Wildman–Crippen MR) is 59.3 cm³/mol. The van der Waals surface area contributed by atoms with Gasteiger partial charge in [0.1, 0.15) is 0 Å². The van der Waals surface area contributed by atoms with Crippen molar-refractivity contribution in [3.63, 3.8) is 0 Å². The van der Waals surface area contributed by atoms with Crippen LogP contribution < -0.4 is 0 Å². The van der Waals surface area contributed by atoms with E-state index in [4.69, 9.17) is 0 Å². The minimum Gasteiger partial charge on any atom is -0.389 e. The molecule has 13 heavy (non-hydrogen) atoms. The Morgan fingerprint density at radius 1 is 1.38 bits per heavy atom. The molecule has 1 aliphatic heterocycles. The van der Waals surface area contributed by atoms with Crippen LogP contribution in [0.1, 0.15) is 32.6 Å². The number of rotatable bonds is 5. The van der Waals surface area contributed by atoms with E-state index in [9.17, 15) is 5.11 Å². The predicted octanol–water partition coefficient (Wildman–Crippen LogP) is 2.01. The van der Waals surface area contributed by atoms with Crippen molar-refractivity contribution in [1.82, 2.24) is 4.90 Å². The zero-order valence-corrected chi connectivity index (χ0v) is 10.0. The summed E-state index contributed by atoms with van der Waals surface area (Å²) in [7, 11) is 0. The lowest BCUT2D eigenvalue weighted by Gasteiger charge is -2.18. The summed E-state index contributed by atoms with van der Waals surface area (Å²) in [5, 5.41) is 10.8.